The minimum Gasteiger partial charge on any atom is -0.314 e. The third-order valence-corrected chi connectivity index (χ3v) is 3.05. The van der Waals surface area contributed by atoms with E-state index in [0.29, 0.717) is 19.6 Å². The Balaban J connectivity index is 0.00000220. The average molecular weight is 335 g/mol. The van der Waals surface area contributed by atoms with E-state index in [2.05, 4.69) is 10.6 Å². The fourth-order valence-corrected chi connectivity index (χ4v) is 2.07. The number of hydrogen-bond donors (Lipinski definition) is 2. The largest absolute Gasteiger partial charge is 0.416 e. The maximum absolute atomic E-state index is 12.7. The predicted molar refractivity (Wildman–Crippen MR) is 67.3 cm³/mol. The van der Waals surface area contributed by atoms with Gasteiger partial charge in [0.05, 0.1) is 11.1 Å². The quantitative estimate of drug-likeness (QED) is 0.769. The Bertz CT molecular complexity index is 447. The summed E-state index contributed by atoms with van der Waals surface area (Å²) in [6.07, 6.45) is -9.61. The van der Waals surface area contributed by atoms with Gasteiger partial charge in [0.25, 0.3) is 0 Å². The summed E-state index contributed by atoms with van der Waals surface area (Å²) in [6.45, 7) is 1.41. The van der Waals surface area contributed by atoms with Crippen LogP contribution in [-0.4, -0.2) is 19.6 Å². The van der Waals surface area contributed by atoms with Gasteiger partial charge in [0.15, 0.2) is 0 Å². The smallest absolute Gasteiger partial charge is 0.314 e. The van der Waals surface area contributed by atoms with Gasteiger partial charge in [0.2, 0.25) is 0 Å². The molecule has 0 amide bonds. The maximum Gasteiger partial charge on any atom is 0.416 e. The topological polar surface area (TPSA) is 24.1 Å². The SMILES string of the molecule is Cl.FC(F)(F)c1cc([C@@H]2CNCCN2)cc(C(F)(F)F)c1. The van der Waals surface area contributed by atoms with Gasteiger partial charge < -0.3 is 10.6 Å². The Morgan fingerprint density at radius 2 is 1.38 bits per heavy atom. The molecular formula is C12H13ClF6N2. The number of benzene rings is 1. The van der Waals surface area contributed by atoms with Crippen LogP contribution in [-0.2, 0) is 12.4 Å². The van der Waals surface area contributed by atoms with E-state index in [4.69, 9.17) is 0 Å². The summed E-state index contributed by atoms with van der Waals surface area (Å²) in [4.78, 5) is 0. The lowest BCUT2D eigenvalue weighted by molar-refractivity contribution is -0.143. The monoisotopic (exact) mass is 334 g/mol. The van der Waals surface area contributed by atoms with E-state index in [0.717, 1.165) is 12.1 Å². The molecule has 0 bridgehead atoms. The summed E-state index contributed by atoms with van der Waals surface area (Å²) in [5, 5.41) is 5.82. The molecule has 2 rings (SSSR count). The van der Waals surface area contributed by atoms with Crippen LogP contribution in [0.4, 0.5) is 26.3 Å². The minimum absolute atomic E-state index is 0. The predicted octanol–water partition coefficient (Wildman–Crippen LogP) is 3.38. The van der Waals surface area contributed by atoms with Gasteiger partial charge in [-0.25, -0.2) is 0 Å². The first-order chi connectivity index (χ1) is 9.18. The van der Waals surface area contributed by atoms with Gasteiger partial charge in [-0.2, -0.15) is 26.3 Å². The summed E-state index contributed by atoms with van der Waals surface area (Å²) in [5.74, 6) is 0. The molecule has 1 heterocycles. The molecule has 0 radical (unpaired) electrons. The second kappa shape index (κ2) is 6.41. The van der Waals surface area contributed by atoms with E-state index in [9.17, 15) is 26.3 Å². The van der Waals surface area contributed by atoms with Crippen molar-refractivity contribution in [1.29, 1.82) is 0 Å². The fourth-order valence-electron chi connectivity index (χ4n) is 2.07. The number of piperazine rings is 1. The maximum atomic E-state index is 12.7. The highest BCUT2D eigenvalue weighted by atomic mass is 35.5. The Labute approximate surface area is 123 Å². The highest BCUT2D eigenvalue weighted by Gasteiger charge is 2.37. The van der Waals surface area contributed by atoms with Crippen LogP contribution in [0.2, 0.25) is 0 Å². The van der Waals surface area contributed by atoms with Crippen LogP contribution in [0.15, 0.2) is 18.2 Å². The Kier molecular flexibility index (Phi) is 5.51. The highest BCUT2D eigenvalue weighted by molar-refractivity contribution is 5.85. The van der Waals surface area contributed by atoms with Gasteiger partial charge in [0.1, 0.15) is 0 Å². The summed E-state index contributed by atoms with van der Waals surface area (Å²) >= 11 is 0. The zero-order valence-corrected chi connectivity index (χ0v) is 11.4. The molecule has 1 fully saturated rings. The molecule has 2 nitrogen and oxygen atoms in total. The number of nitrogens with one attached hydrogen (secondary N) is 2. The van der Waals surface area contributed by atoms with Crippen molar-refractivity contribution in [3.8, 4) is 0 Å². The van der Waals surface area contributed by atoms with Crippen molar-refractivity contribution in [1.82, 2.24) is 10.6 Å². The summed E-state index contributed by atoms with van der Waals surface area (Å²) < 4.78 is 76.2. The van der Waals surface area contributed by atoms with Crippen molar-refractivity contribution in [2.45, 2.75) is 18.4 Å². The molecule has 0 aliphatic carbocycles. The zero-order chi connectivity index (χ0) is 15.0. The first-order valence-corrected chi connectivity index (χ1v) is 5.91. The normalized spacial score (nSPS) is 20.0. The lowest BCUT2D eigenvalue weighted by Crippen LogP contribution is -2.42. The highest BCUT2D eigenvalue weighted by Crippen LogP contribution is 2.37. The van der Waals surface area contributed by atoms with Crippen molar-refractivity contribution in [2.75, 3.05) is 19.6 Å². The van der Waals surface area contributed by atoms with Crippen molar-refractivity contribution in [3.05, 3.63) is 34.9 Å². The van der Waals surface area contributed by atoms with E-state index < -0.39 is 29.5 Å². The number of halogens is 7. The van der Waals surface area contributed by atoms with E-state index in [1.807, 2.05) is 0 Å². The minimum atomic E-state index is -4.81. The molecule has 0 spiro atoms. The number of hydrogen-bond acceptors (Lipinski definition) is 2. The summed E-state index contributed by atoms with van der Waals surface area (Å²) in [5.41, 5.74) is -2.58. The summed E-state index contributed by atoms with van der Waals surface area (Å²) in [6, 6.07) is 1.10. The zero-order valence-electron chi connectivity index (χ0n) is 10.6. The van der Waals surface area contributed by atoms with Crippen molar-refractivity contribution in [3.63, 3.8) is 0 Å². The number of rotatable bonds is 1. The van der Waals surface area contributed by atoms with Crippen LogP contribution in [0.5, 0.6) is 0 Å². The van der Waals surface area contributed by atoms with Gasteiger partial charge >= 0.3 is 12.4 Å². The van der Waals surface area contributed by atoms with E-state index in [-0.39, 0.29) is 24.0 Å². The van der Waals surface area contributed by atoms with Gasteiger partial charge in [0, 0.05) is 25.7 Å². The first kappa shape index (κ1) is 18.1. The van der Waals surface area contributed by atoms with Gasteiger partial charge in [-0.3, -0.25) is 0 Å². The van der Waals surface area contributed by atoms with Crippen LogP contribution in [0.25, 0.3) is 0 Å². The van der Waals surface area contributed by atoms with Crippen LogP contribution >= 0.6 is 12.4 Å². The van der Waals surface area contributed by atoms with E-state index in [1.54, 1.807) is 0 Å². The van der Waals surface area contributed by atoms with Gasteiger partial charge in [-0.15, -0.1) is 12.4 Å². The lowest BCUT2D eigenvalue weighted by Gasteiger charge is -2.26. The van der Waals surface area contributed by atoms with E-state index >= 15 is 0 Å². The molecule has 0 saturated carbocycles. The Morgan fingerprint density at radius 1 is 0.857 bits per heavy atom. The van der Waals surface area contributed by atoms with Crippen molar-refractivity contribution < 1.29 is 26.3 Å². The molecule has 1 aromatic rings. The fraction of sp³-hybridized carbons (Fsp3) is 0.500. The average Bonchev–Trinajstić information content (AvgIpc) is 2.37. The molecule has 1 aliphatic rings. The molecule has 120 valence electrons. The molecule has 0 unspecified atom stereocenters. The van der Waals surface area contributed by atoms with Gasteiger partial charge in [-0.05, 0) is 23.8 Å². The molecule has 1 aliphatic heterocycles. The molecular weight excluding hydrogens is 322 g/mol. The van der Waals surface area contributed by atoms with E-state index in [1.165, 1.54) is 0 Å². The van der Waals surface area contributed by atoms with Crippen LogP contribution in [0.3, 0.4) is 0 Å². The lowest BCUT2D eigenvalue weighted by atomic mass is 9.98. The second-order valence-corrected chi connectivity index (χ2v) is 4.55. The summed E-state index contributed by atoms with van der Waals surface area (Å²) in [7, 11) is 0. The molecule has 1 atom stereocenters. The Morgan fingerprint density at radius 3 is 1.76 bits per heavy atom. The third-order valence-electron chi connectivity index (χ3n) is 3.05. The standard InChI is InChI=1S/C12H12F6N2.ClH/c13-11(14,15)8-3-7(10-6-19-1-2-20-10)4-9(5-8)12(16,17)18;/h3-5,10,19-20H,1-2,6H2;1H/t10-;/m0./s1. The number of alkyl halides is 6. The molecule has 21 heavy (non-hydrogen) atoms. The molecule has 9 heteroatoms. The van der Waals surface area contributed by atoms with Crippen molar-refractivity contribution >= 4 is 12.4 Å². The van der Waals surface area contributed by atoms with Crippen LogP contribution < -0.4 is 10.6 Å². The van der Waals surface area contributed by atoms with Gasteiger partial charge in [-0.1, -0.05) is 0 Å². The second-order valence-electron chi connectivity index (χ2n) is 4.55. The molecule has 2 N–H and O–H groups in total. The molecule has 0 aromatic heterocycles. The van der Waals surface area contributed by atoms with Crippen LogP contribution in [0.1, 0.15) is 22.7 Å². The first-order valence-electron chi connectivity index (χ1n) is 5.91. The molecule has 1 saturated heterocycles. The third kappa shape index (κ3) is 4.49. The van der Waals surface area contributed by atoms with Crippen molar-refractivity contribution in [2.24, 2.45) is 0 Å². The molecule has 1 aromatic carbocycles. The Hall–Kier alpha value is -0.990. The van der Waals surface area contributed by atoms with Crippen LogP contribution in [0, 0.1) is 0 Å².